The van der Waals surface area contributed by atoms with Crippen LogP contribution in [-0.4, -0.2) is 65.8 Å². The normalized spacial score (nSPS) is 19.2. The molecule has 2 aliphatic heterocycles. The lowest BCUT2D eigenvalue weighted by Gasteiger charge is -2.21. The van der Waals surface area contributed by atoms with Gasteiger partial charge in [0.05, 0.1) is 31.5 Å². The van der Waals surface area contributed by atoms with Crippen LogP contribution < -0.4 is 15.4 Å². The van der Waals surface area contributed by atoms with Crippen molar-refractivity contribution in [2.45, 2.75) is 24.7 Å². The maximum atomic E-state index is 13.4. The molecule has 2 fully saturated rings. The van der Waals surface area contributed by atoms with Gasteiger partial charge in [-0.15, -0.1) is 0 Å². The third-order valence-corrected chi connectivity index (χ3v) is 4.92. The van der Waals surface area contributed by atoms with E-state index in [2.05, 4.69) is 20.6 Å². The van der Waals surface area contributed by atoms with Gasteiger partial charge in [-0.05, 0) is 6.42 Å². The van der Waals surface area contributed by atoms with Gasteiger partial charge in [0.2, 0.25) is 12.4 Å². The maximum Gasteiger partial charge on any atom is 0.421 e. The van der Waals surface area contributed by atoms with Gasteiger partial charge in [0.25, 0.3) is 0 Å². The lowest BCUT2D eigenvalue weighted by molar-refractivity contribution is -0.137. The summed E-state index contributed by atoms with van der Waals surface area (Å²) < 4.78 is 62.0. The van der Waals surface area contributed by atoms with Crippen molar-refractivity contribution in [2.75, 3.05) is 37.9 Å². The summed E-state index contributed by atoms with van der Waals surface area (Å²) >= 11 is 0. The summed E-state index contributed by atoms with van der Waals surface area (Å²) in [6.07, 6.45) is -1.68. The zero-order valence-corrected chi connectivity index (χ0v) is 17.1. The van der Waals surface area contributed by atoms with Crippen LogP contribution in [0.2, 0.25) is 0 Å². The molecule has 2 aliphatic rings. The summed E-state index contributed by atoms with van der Waals surface area (Å²) in [6, 6.07) is 2.32. The van der Waals surface area contributed by atoms with Crippen LogP contribution in [0.3, 0.4) is 0 Å². The third-order valence-electron chi connectivity index (χ3n) is 4.92. The number of alkyl halides is 3. The number of morpholine rings is 1. The monoisotopic (exact) mass is 459 g/mol. The fourth-order valence-electron chi connectivity index (χ4n) is 3.33. The van der Waals surface area contributed by atoms with E-state index in [9.17, 15) is 27.5 Å². The number of amides is 1. The molecule has 3 heterocycles. The van der Waals surface area contributed by atoms with E-state index < -0.39 is 29.1 Å². The summed E-state index contributed by atoms with van der Waals surface area (Å²) in [4.78, 5) is 19.3. The average Bonchev–Trinajstić information content (AvgIpc) is 3.39. The Balaban J connectivity index is 0.000000264. The fourth-order valence-corrected chi connectivity index (χ4v) is 3.33. The molecule has 0 saturated carbocycles. The maximum absolute atomic E-state index is 13.4. The van der Waals surface area contributed by atoms with Gasteiger partial charge in [-0.2, -0.15) is 18.2 Å². The summed E-state index contributed by atoms with van der Waals surface area (Å²) in [5.74, 6) is -2.14. The van der Waals surface area contributed by atoms with Gasteiger partial charge in [0, 0.05) is 31.9 Å². The number of benzene rings is 1. The third kappa shape index (κ3) is 5.10. The SMILES string of the molecule is CNc1nc(Nc2cc(F)c(O)cc2OC)ncc1C(F)(F)F.O=CN1C[C@@H]2C[C@H]1CO2. The van der Waals surface area contributed by atoms with E-state index >= 15 is 0 Å². The Hall–Kier alpha value is -3.35. The van der Waals surface area contributed by atoms with Crippen molar-refractivity contribution in [3.05, 3.63) is 29.7 Å². The van der Waals surface area contributed by atoms with Gasteiger partial charge in [0.15, 0.2) is 11.6 Å². The smallest absolute Gasteiger partial charge is 0.421 e. The van der Waals surface area contributed by atoms with Gasteiger partial charge in [0.1, 0.15) is 17.1 Å². The number of nitrogens with one attached hydrogen (secondary N) is 2. The number of fused-ring (bicyclic) bond motifs is 2. The number of likely N-dealkylation sites (tertiary alicyclic amines) is 1. The van der Waals surface area contributed by atoms with Crippen LogP contribution in [-0.2, 0) is 15.7 Å². The van der Waals surface area contributed by atoms with E-state index in [-0.39, 0.29) is 17.4 Å². The Morgan fingerprint density at radius 3 is 2.62 bits per heavy atom. The van der Waals surface area contributed by atoms with Crippen LogP contribution in [0.15, 0.2) is 18.3 Å². The molecule has 1 aromatic carbocycles. The highest BCUT2D eigenvalue weighted by molar-refractivity contribution is 5.65. The first-order valence-electron chi connectivity index (χ1n) is 9.44. The number of hydrogen-bond donors (Lipinski definition) is 3. The molecule has 0 aliphatic carbocycles. The highest BCUT2D eigenvalue weighted by atomic mass is 19.4. The second-order valence-corrected chi connectivity index (χ2v) is 6.98. The minimum atomic E-state index is -4.61. The molecular formula is C19H21F4N5O4. The standard InChI is InChI=1S/C13H12F4N4O2.C6H9NO2/c1-18-11-6(13(15,16)17)5-19-12(21-11)20-8-3-7(14)9(22)4-10(8)23-2;8-4-7-2-6-1-5(7)3-9-6/h3-5,22H,1-2H3,(H2,18,19,20,21);4-6H,1-3H2/t;5-,6-/m.0/s1. The van der Waals surface area contributed by atoms with Crippen molar-refractivity contribution >= 4 is 23.9 Å². The van der Waals surface area contributed by atoms with Crippen LogP contribution in [0.1, 0.15) is 12.0 Å². The summed E-state index contributed by atoms with van der Waals surface area (Å²) in [5, 5.41) is 14.1. The predicted molar refractivity (Wildman–Crippen MR) is 105 cm³/mol. The van der Waals surface area contributed by atoms with E-state index in [1.165, 1.54) is 14.2 Å². The number of carbonyl (C=O) groups excluding carboxylic acids is 1. The van der Waals surface area contributed by atoms with Crippen LogP contribution in [0.5, 0.6) is 11.5 Å². The van der Waals surface area contributed by atoms with Crippen LogP contribution >= 0.6 is 0 Å². The predicted octanol–water partition coefficient (Wildman–Crippen LogP) is 2.75. The minimum absolute atomic E-state index is 0.0459. The summed E-state index contributed by atoms with van der Waals surface area (Å²) in [5.41, 5.74) is -0.987. The minimum Gasteiger partial charge on any atom is -0.505 e. The number of halogens is 4. The number of rotatable bonds is 5. The number of phenolic OH excluding ortho intramolecular Hbond substituents is 1. The van der Waals surface area contributed by atoms with Crippen LogP contribution in [0.25, 0.3) is 0 Å². The number of hydrogen-bond acceptors (Lipinski definition) is 8. The first-order chi connectivity index (χ1) is 15.2. The molecular weight excluding hydrogens is 438 g/mol. The number of methoxy groups -OCH3 is 1. The second kappa shape index (κ2) is 9.42. The van der Waals surface area contributed by atoms with Gasteiger partial charge >= 0.3 is 6.18 Å². The molecule has 2 bridgehead atoms. The Morgan fingerprint density at radius 2 is 2.12 bits per heavy atom. The first-order valence-corrected chi connectivity index (χ1v) is 9.44. The largest absolute Gasteiger partial charge is 0.505 e. The highest BCUT2D eigenvalue weighted by Gasteiger charge is 2.38. The molecule has 0 unspecified atom stereocenters. The van der Waals surface area contributed by atoms with Gasteiger partial charge < -0.3 is 30.1 Å². The van der Waals surface area contributed by atoms with Crippen molar-refractivity contribution in [1.82, 2.24) is 14.9 Å². The zero-order chi connectivity index (χ0) is 23.5. The van der Waals surface area contributed by atoms with Crippen molar-refractivity contribution in [3.63, 3.8) is 0 Å². The van der Waals surface area contributed by atoms with Crippen LogP contribution in [0, 0.1) is 5.82 Å². The molecule has 4 rings (SSSR count). The number of aromatic nitrogens is 2. The van der Waals surface area contributed by atoms with E-state index in [0.717, 1.165) is 38.1 Å². The van der Waals surface area contributed by atoms with Crippen molar-refractivity contribution < 1.29 is 36.9 Å². The lowest BCUT2D eigenvalue weighted by Crippen LogP contribution is -2.35. The molecule has 2 saturated heterocycles. The van der Waals surface area contributed by atoms with Crippen molar-refractivity contribution in [2.24, 2.45) is 0 Å². The molecule has 3 N–H and O–H groups in total. The Bertz CT molecular complexity index is 975. The first kappa shape index (κ1) is 23.3. The number of nitrogens with zero attached hydrogens (tertiary/aromatic N) is 3. The Morgan fingerprint density at radius 1 is 1.38 bits per heavy atom. The molecule has 174 valence electrons. The van der Waals surface area contributed by atoms with E-state index in [0.29, 0.717) is 18.3 Å². The molecule has 32 heavy (non-hydrogen) atoms. The van der Waals surface area contributed by atoms with Gasteiger partial charge in [-0.3, -0.25) is 4.79 Å². The summed E-state index contributed by atoms with van der Waals surface area (Å²) in [7, 11) is 2.56. The second-order valence-electron chi connectivity index (χ2n) is 6.98. The average molecular weight is 459 g/mol. The molecule has 2 atom stereocenters. The van der Waals surface area contributed by atoms with E-state index in [4.69, 9.17) is 9.47 Å². The van der Waals surface area contributed by atoms with Gasteiger partial charge in [-0.1, -0.05) is 0 Å². The molecule has 2 aromatic rings. The van der Waals surface area contributed by atoms with E-state index in [1.807, 2.05) is 4.90 Å². The number of ether oxygens (including phenoxy) is 2. The number of anilines is 3. The van der Waals surface area contributed by atoms with Gasteiger partial charge in [-0.25, -0.2) is 9.37 Å². The zero-order valence-electron chi connectivity index (χ0n) is 17.1. The van der Waals surface area contributed by atoms with Crippen molar-refractivity contribution in [1.29, 1.82) is 0 Å². The number of aromatic hydroxyl groups is 1. The fraction of sp³-hybridized carbons (Fsp3) is 0.421. The molecule has 0 radical (unpaired) electrons. The molecule has 9 nitrogen and oxygen atoms in total. The molecule has 0 spiro atoms. The van der Waals surface area contributed by atoms with Crippen molar-refractivity contribution in [3.8, 4) is 11.5 Å². The summed E-state index contributed by atoms with van der Waals surface area (Å²) in [6.45, 7) is 1.57. The topological polar surface area (TPSA) is 109 Å². The molecule has 13 heteroatoms. The Kier molecular flexibility index (Phi) is 6.87. The highest BCUT2D eigenvalue weighted by Crippen LogP contribution is 2.35. The quantitative estimate of drug-likeness (QED) is 0.356. The number of carbonyl (C=O) groups is 1. The Labute approximate surface area is 180 Å². The van der Waals surface area contributed by atoms with Crippen LogP contribution in [0.4, 0.5) is 35.0 Å². The van der Waals surface area contributed by atoms with E-state index in [1.54, 1.807) is 0 Å². The molecule has 1 aromatic heterocycles. The lowest BCUT2D eigenvalue weighted by atomic mass is 10.2. The number of phenols is 1. The molecule has 1 amide bonds.